The number of thiazole rings is 1. The van der Waals surface area contributed by atoms with E-state index in [1.807, 2.05) is 59.4 Å². The first kappa shape index (κ1) is 19.0. The predicted molar refractivity (Wildman–Crippen MR) is 117 cm³/mol. The molecule has 148 valence electrons. The molecule has 0 fully saturated rings. The number of nitrogens with zero attached hydrogens (tertiary/aromatic N) is 2. The summed E-state index contributed by atoms with van der Waals surface area (Å²) >= 11 is 1.53. The van der Waals surface area contributed by atoms with Gasteiger partial charge in [-0.3, -0.25) is 10.2 Å². The fraction of sp³-hybridized carbons (Fsp3) is 0.182. The Labute approximate surface area is 173 Å². The van der Waals surface area contributed by atoms with E-state index in [1.165, 1.54) is 16.9 Å². The van der Waals surface area contributed by atoms with Gasteiger partial charge in [-0.1, -0.05) is 31.2 Å². The second-order valence-electron chi connectivity index (χ2n) is 6.80. The third-order valence-electron chi connectivity index (χ3n) is 4.57. The number of aryl methyl sites for hydroxylation is 1. The summed E-state index contributed by atoms with van der Waals surface area (Å²) < 4.78 is 7.40. The lowest BCUT2D eigenvalue weighted by atomic mass is 10.1. The lowest BCUT2D eigenvalue weighted by Gasteiger charge is -2.19. The number of hydrogen-bond acceptors (Lipinski definition) is 5. The molecule has 7 heteroatoms. The smallest absolute Gasteiger partial charge is 0.262 e. The van der Waals surface area contributed by atoms with E-state index in [2.05, 4.69) is 24.2 Å². The van der Waals surface area contributed by atoms with Gasteiger partial charge in [0.25, 0.3) is 5.91 Å². The van der Waals surface area contributed by atoms with Crippen molar-refractivity contribution in [2.24, 2.45) is 4.99 Å². The van der Waals surface area contributed by atoms with Crippen molar-refractivity contribution in [3.8, 4) is 17.0 Å². The highest BCUT2D eigenvalue weighted by Crippen LogP contribution is 2.32. The molecule has 4 rings (SSSR count). The van der Waals surface area contributed by atoms with Crippen LogP contribution in [0.25, 0.3) is 11.3 Å². The third kappa shape index (κ3) is 4.09. The van der Waals surface area contributed by atoms with Gasteiger partial charge in [-0.2, -0.15) is 0 Å². The molecule has 2 N–H and O–H groups in total. The van der Waals surface area contributed by atoms with Gasteiger partial charge in [0.1, 0.15) is 5.75 Å². The number of anilines is 1. The number of rotatable bonds is 5. The first-order chi connectivity index (χ1) is 14.0. The minimum atomic E-state index is -0.152. The molecule has 0 spiro atoms. The maximum Gasteiger partial charge on any atom is 0.262 e. The standard InChI is InChI=1S/C22H22N4O2S/c1-4-15(3)25-26-19(13-29-22(26)23-17-8-5-14(2)6-9-17)16-7-10-20-18(11-16)24-21(27)12-28-20/h5-11,13,25H,3-4,12H2,1-2H3,(H,24,27). The van der Waals surface area contributed by atoms with E-state index in [-0.39, 0.29) is 12.5 Å². The van der Waals surface area contributed by atoms with Gasteiger partial charge in [0.2, 0.25) is 4.80 Å². The fourth-order valence-corrected chi connectivity index (χ4v) is 3.77. The second kappa shape index (κ2) is 7.97. The molecule has 0 saturated heterocycles. The Morgan fingerprint density at radius 3 is 2.86 bits per heavy atom. The van der Waals surface area contributed by atoms with Crippen LogP contribution in [0.1, 0.15) is 18.9 Å². The van der Waals surface area contributed by atoms with Crippen LogP contribution in [-0.4, -0.2) is 17.2 Å². The number of fused-ring (bicyclic) bond motifs is 1. The van der Waals surface area contributed by atoms with Crippen LogP contribution in [0.4, 0.5) is 11.4 Å². The van der Waals surface area contributed by atoms with Gasteiger partial charge >= 0.3 is 0 Å². The summed E-state index contributed by atoms with van der Waals surface area (Å²) in [5.74, 6) is 0.519. The Hall–Kier alpha value is -3.32. The second-order valence-corrected chi connectivity index (χ2v) is 7.64. The van der Waals surface area contributed by atoms with Crippen LogP contribution in [0.3, 0.4) is 0 Å². The quantitative estimate of drug-likeness (QED) is 0.653. The van der Waals surface area contributed by atoms with Crippen molar-refractivity contribution in [2.75, 3.05) is 17.3 Å². The molecule has 1 aromatic heterocycles. The van der Waals surface area contributed by atoms with Crippen molar-refractivity contribution in [2.45, 2.75) is 20.3 Å². The highest BCUT2D eigenvalue weighted by atomic mass is 32.1. The predicted octanol–water partition coefficient (Wildman–Crippen LogP) is 4.56. The molecule has 29 heavy (non-hydrogen) atoms. The summed E-state index contributed by atoms with van der Waals surface area (Å²) in [6.07, 6.45) is 0.792. The number of amides is 1. The van der Waals surface area contributed by atoms with Crippen molar-refractivity contribution < 1.29 is 9.53 Å². The van der Waals surface area contributed by atoms with Crippen molar-refractivity contribution in [3.05, 3.63) is 70.5 Å². The Balaban J connectivity index is 1.80. The van der Waals surface area contributed by atoms with Gasteiger partial charge < -0.3 is 10.1 Å². The average Bonchev–Trinajstić information content (AvgIpc) is 3.11. The van der Waals surface area contributed by atoms with Crippen LogP contribution < -0.4 is 20.3 Å². The van der Waals surface area contributed by atoms with Crippen molar-refractivity contribution in [1.29, 1.82) is 0 Å². The van der Waals surface area contributed by atoms with Gasteiger partial charge in [-0.15, -0.1) is 11.3 Å². The number of hydrogen-bond donors (Lipinski definition) is 2. The van der Waals surface area contributed by atoms with Crippen molar-refractivity contribution in [3.63, 3.8) is 0 Å². The van der Waals surface area contributed by atoms with E-state index >= 15 is 0 Å². The number of allylic oxidation sites excluding steroid dienone is 1. The molecule has 1 aliphatic rings. The molecule has 0 atom stereocenters. The van der Waals surface area contributed by atoms with E-state index in [0.29, 0.717) is 11.4 Å². The number of benzene rings is 2. The van der Waals surface area contributed by atoms with Crippen LogP contribution in [0.2, 0.25) is 0 Å². The summed E-state index contributed by atoms with van der Waals surface area (Å²) in [6, 6.07) is 13.8. The first-order valence-electron chi connectivity index (χ1n) is 9.37. The maximum atomic E-state index is 11.7. The van der Waals surface area contributed by atoms with E-state index in [1.54, 1.807) is 0 Å². The minimum Gasteiger partial charge on any atom is -0.482 e. The molecular formula is C22H22N4O2S. The molecule has 0 unspecified atom stereocenters. The molecule has 6 nitrogen and oxygen atoms in total. The molecule has 1 amide bonds. The van der Waals surface area contributed by atoms with Crippen molar-refractivity contribution in [1.82, 2.24) is 4.68 Å². The molecule has 0 bridgehead atoms. The van der Waals surface area contributed by atoms with Gasteiger partial charge in [-0.25, -0.2) is 9.67 Å². The van der Waals surface area contributed by atoms with Crippen LogP contribution >= 0.6 is 11.3 Å². The molecule has 2 heterocycles. The van der Waals surface area contributed by atoms with E-state index < -0.39 is 0 Å². The van der Waals surface area contributed by atoms with Gasteiger partial charge in [-0.05, 0) is 43.7 Å². The Morgan fingerprint density at radius 2 is 2.10 bits per heavy atom. The van der Waals surface area contributed by atoms with Crippen LogP contribution in [0.5, 0.6) is 5.75 Å². The molecule has 3 aromatic rings. The van der Waals surface area contributed by atoms with Gasteiger partial charge in [0, 0.05) is 16.6 Å². The number of aromatic nitrogens is 1. The normalized spacial score (nSPS) is 13.4. The zero-order chi connectivity index (χ0) is 20.4. The van der Waals surface area contributed by atoms with Crippen molar-refractivity contribution >= 4 is 28.6 Å². The summed E-state index contributed by atoms with van der Waals surface area (Å²) in [5, 5.41) is 4.90. The Kier molecular flexibility index (Phi) is 5.22. The number of ether oxygens (including phenoxy) is 1. The zero-order valence-corrected chi connectivity index (χ0v) is 17.2. The highest BCUT2D eigenvalue weighted by molar-refractivity contribution is 7.07. The summed E-state index contributed by atoms with van der Waals surface area (Å²) in [7, 11) is 0. The van der Waals surface area contributed by atoms with E-state index in [0.717, 1.165) is 33.9 Å². The van der Waals surface area contributed by atoms with Gasteiger partial charge in [0.15, 0.2) is 6.61 Å². The average molecular weight is 407 g/mol. The number of carbonyl (C=O) groups excluding carboxylic acids is 1. The lowest BCUT2D eigenvalue weighted by molar-refractivity contribution is -0.118. The monoisotopic (exact) mass is 406 g/mol. The number of carbonyl (C=O) groups is 1. The zero-order valence-electron chi connectivity index (χ0n) is 16.4. The van der Waals surface area contributed by atoms with Crippen LogP contribution in [0.15, 0.2) is 65.1 Å². The maximum absolute atomic E-state index is 11.7. The third-order valence-corrected chi connectivity index (χ3v) is 5.40. The SMILES string of the molecule is C=C(CC)Nn1c(-c2ccc3c(c2)NC(=O)CO3)csc1=Nc1ccc(C)cc1. The molecule has 2 aromatic carbocycles. The van der Waals surface area contributed by atoms with Gasteiger partial charge in [0.05, 0.1) is 17.1 Å². The number of nitrogens with one attached hydrogen (secondary N) is 2. The Bertz CT molecular complexity index is 1140. The highest BCUT2D eigenvalue weighted by Gasteiger charge is 2.18. The topological polar surface area (TPSA) is 67.7 Å². The summed E-state index contributed by atoms with van der Waals surface area (Å²) in [6.45, 7) is 8.22. The van der Waals surface area contributed by atoms with E-state index in [9.17, 15) is 4.79 Å². The molecular weight excluding hydrogens is 384 g/mol. The largest absolute Gasteiger partial charge is 0.482 e. The minimum absolute atomic E-state index is 0.0439. The van der Waals surface area contributed by atoms with Crippen LogP contribution in [0, 0.1) is 6.92 Å². The lowest BCUT2D eigenvalue weighted by Crippen LogP contribution is -2.26. The molecule has 0 saturated carbocycles. The Morgan fingerprint density at radius 1 is 1.31 bits per heavy atom. The molecule has 0 radical (unpaired) electrons. The summed E-state index contributed by atoms with van der Waals surface area (Å²) in [5.41, 5.74) is 8.84. The van der Waals surface area contributed by atoms with E-state index in [4.69, 9.17) is 9.73 Å². The first-order valence-corrected chi connectivity index (χ1v) is 10.3. The molecule has 0 aliphatic carbocycles. The summed E-state index contributed by atoms with van der Waals surface area (Å²) in [4.78, 5) is 17.3. The van der Waals surface area contributed by atoms with Crippen LogP contribution in [-0.2, 0) is 4.79 Å². The fourth-order valence-electron chi connectivity index (χ4n) is 2.91. The molecule has 1 aliphatic heterocycles.